The van der Waals surface area contributed by atoms with Crippen molar-refractivity contribution in [1.29, 1.82) is 0 Å². The minimum atomic E-state index is -0.478. The molecule has 2 rings (SSSR count). The molecular weight excluding hydrogens is 330 g/mol. The summed E-state index contributed by atoms with van der Waals surface area (Å²) in [5.74, 6) is 0.867. The molecule has 1 amide bonds. The third kappa shape index (κ3) is 5.09. The monoisotopic (exact) mass is 355 g/mol. The van der Waals surface area contributed by atoms with Gasteiger partial charge in [-0.05, 0) is 54.3 Å². The van der Waals surface area contributed by atoms with Crippen molar-refractivity contribution in [3.63, 3.8) is 0 Å². The first kappa shape index (κ1) is 19.5. The molecule has 0 heterocycles. The average molecular weight is 355 g/mol. The quantitative estimate of drug-likeness (QED) is 0.579. The Kier molecular flexibility index (Phi) is 6.39. The highest BCUT2D eigenvalue weighted by molar-refractivity contribution is 5.90. The van der Waals surface area contributed by atoms with E-state index in [1.54, 1.807) is 31.3 Å². The highest BCUT2D eigenvalue weighted by atomic mass is 16.6. The third-order valence-corrected chi connectivity index (χ3v) is 4.06. The van der Waals surface area contributed by atoms with Gasteiger partial charge in [0.05, 0.1) is 0 Å². The van der Waals surface area contributed by atoms with E-state index < -0.39 is 5.97 Å². The normalized spacial score (nSPS) is 10.5. The first-order valence-electron chi connectivity index (χ1n) is 8.56. The summed E-state index contributed by atoms with van der Waals surface area (Å²) in [5.41, 5.74) is 2.86. The number of aryl methyl sites for hydroxylation is 1. The lowest BCUT2D eigenvalue weighted by atomic mass is 10.0. The van der Waals surface area contributed by atoms with Crippen LogP contribution in [0.4, 0.5) is 5.69 Å². The maximum absolute atomic E-state index is 12.1. The van der Waals surface area contributed by atoms with E-state index in [0.717, 1.165) is 16.8 Å². The molecule has 0 saturated carbocycles. The smallest absolute Gasteiger partial charge is 0.349 e. The number of carbonyl (C=O) groups excluding carboxylic acids is 2. The Morgan fingerprint density at radius 2 is 1.73 bits per heavy atom. The number of rotatable bonds is 6. The Balaban J connectivity index is 1.97. The predicted molar refractivity (Wildman–Crippen MR) is 102 cm³/mol. The molecule has 0 aliphatic carbocycles. The van der Waals surface area contributed by atoms with E-state index in [9.17, 15) is 9.59 Å². The molecule has 5 heteroatoms. The minimum absolute atomic E-state index is 0.0674. The number of hydrogen-bond donors (Lipinski definition) is 0. The van der Waals surface area contributed by atoms with Crippen molar-refractivity contribution in [1.82, 2.24) is 0 Å². The Morgan fingerprint density at radius 1 is 1.08 bits per heavy atom. The zero-order chi connectivity index (χ0) is 19.3. The fourth-order valence-corrected chi connectivity index (χ4v) is 2.46. The summed E-state index contributed by atoms with van der Waals surface area (Å²) in [7, 11) is 1.69. The molecule has 0 spiro atoms. The summed E-state index contributed by atoms with van der Waals surface area (Å²) in [6.45, 7) is 7.46. The second-order valence-corrected chi connectivity index (χ2v) is 6.53. The summed E-state index contributed by atoms with van der Waals surface area (Å²) in [6, 6.07) is 12.7. The number of benzene rings is 2. The van der Waals surface area contributed by atoms with Gasteiger partial charge in [0.15, 0.2) is 6.61 Å². The molecule has 26 heavy (non-hydrogen) atoms. The molecule has 0 fully saturated rings. The Bertz CT molecular complexity index is 781. The summed E-state index contributed by atoms with van der Waals surface area (Å²) < 4.78 is 11.0. The zero-order valence-corrected chi connectivity index (χ0v) is 15.9. The van der Waals surface area contributed by atoms with Gasteiger partial charge in [-0.15, -0.1) is 0 Å². The molecule has 0 bridgehead atoms. The van der Waals surface area contributed by atoms with Gasteiger partial charge in [-0.3, -0.25) is 4.79 Å². The van der Waals surface area contributed by atoms with Crippen molar-refractivity contribution in [2.45, 2.75) is 33.6 Å². The number of hydrogen-bond acceptors (Lipinski definition) is 4. The van der Waals surface area contributed by atoms with Gasteiger partial charge in [-0.25, -0.2) is 4.79 Å². The van der Waals surface area contributed by atoms with Crippen LogP contribution in [0.5, 0.6) is 11.5 Å². The number of anilines is 1. The Hall–Kier alpha value is -2.82. The summed E-state index contributed by atoms with van der Waals surface area (Å²) in [4.78, 5) is 24.9. The van der Waals surface area contributed by atoms with Crippen LogP contribution in [0, 0.1) is 6.92 Å². The van der Waals surface area contributed by atoms with Crippen molar-refractivity contribution in [2.24, 2.45) is 0 Å². The van der Waals surface area contributed by atoms with Crippen molar-refractivity contribution in [3.05, 3.63) is 53.6 Å². The SMILES string of the molecule is CC(=O)N(C)c1ccc(OC(=O)COc2cc(C)ccc2C(C)C)cc1. The van der Waals surface area contributed by atoms with Gasteiger partial charge in [0.1, 0.15) is 11.5 Å². The van der Waals surface area contributed by atoms with E-state index >= 15 is 0 Å². The fraction of sp³-hybridized carbons (Fsp3) is 0.333. The molecule has 0 radical (unpaired) electrons. The highest BCUT2D eigenvalue weighted by Gasteiger charge is 2.12. The second-order valence-electron chi connectivity index (χ2n) is 6.53. The molecule has 0 aliphatic heterocycles. The van der Waals surface area contributed by atoms with Crippen LogP contribution in [0.25, 0.3) is 0 Å². The van der Waals surface area contributed by atoms with Crippen LogP contribution >= 0.6 is 0 Å². The van der Waals surface area contributed by atoms with E-state index in [1.807, 2.05) is 25.1 Å². The molecule has 2 aromatic rings. The molecule has 5 nitrogen and oxygen atoms in total. The van der Waals surface area contributed by atoms with Gasteiger partial charge in [0, 0.05) is 19.7 Å². The number of nitrogens with zero attached hydrogens (tertiary/aromatic N) is 1. The topological polar surface area (TPSA) is 55.8 Å². The van der Waals surface area contributed by atoms with E-state index in [0.29, 0.717) is 17.4 Å². The number of esters is 1. The first-order chi connectivity index (χ1) is 12.3. The second kappa shape index (κ2) is 8.52. The summed E-state index contributed by atoms with van der Waals surface area (Å²) in [5, 5.41) is 0. The first-order valence-corrected chi connectivity index (χ1v) is 8.56. The van der Waals surface area contributed by atoms with E-state index in [2.05, 4.69) is 13.8 Å². The van der Waals surface area contributed by atoms with Gasteiger partial charge in [-0.1, -0.05) is 26.0 Å². The van der Waals surface area contributed by atoms with E-state index in [4.69, 9.17) is 9.47 Å². The number of carbonyl (C=O) groups is 2. The number of amides is 1. The van der Waals surface area contributed by atoms with E-state index in [1.165, 1.54) is 11.8 Å². The van der Waals surface area contributed by atoms with Gasteiger partial charge in [-0.2, -0.15) is 0 Å². The zero-order valence-electron chi connectivity index (χ0n) is 15.9. The van der Waals surface area contributed by atoms with Crippen LogP contribution in [-0.4, -0.2) is 25.5 Å². The molecule has 2 aromatic carbocycles. The molecule has 0 unspecified atom stereocenters. The Morgan fingerprint density at radius 3 is 2.31 bits per heavy atom. The fourth-order valence-electron chi connectivity index (χ4n) is 2.46. The van der Waals surface area contributed by atoms with Gasteiger partial charge in [0.2, 0.25) is 5.91 Å². The van der Waals surface area contributed by atoms with Crippen LogP contribution in [0.15, 0.2) is 42.5 Å². The average Bonchev–Trinajstić information content (AvgIpc) is 2.59. The standard InChI is InChI=1S/C21H25NO4/c1-14(2)19-11-6-15(3)12-20(19)25-13-21(24)26-18-9-7-17(8-10-18)22(5)16(4)23/h6-12,14H,13H2,1-5H3. The van der Waals surface area contributed by atoms with Crippen molar-refractivity contribution >= 4 is 17.6 Å². The van der Waals surface area contributed by atoms with Crippen LogP contribution in [-0.2, 0) is 9.59 Å². The molecule has 0 N–H and O–H groups in total. The summed E-state index contributed by atoms with van der Waals surface area (Å²) >= 11 is 0. The van der Waals surface area contributed by atoms with Gasteiger partial charge >= 0.3 is 5.97 Å². The van der Waals surface area contributed by atoms with Crippen LogP contribution in [0.2, 0.25) is 0 Å². The lowest BCUT2D eigenvalue weighted by Gasteiger charge is -2.16. The van der Waals surface area contributed by atoms with Crippen molar-refractivity contribution < 1.29 is 19.1 Å². The molecule has 0 saturated heterocycles. The van der Waals surface area contributed by atoms with E-state index in [-0.39, 0.29) is 12.5 Å². The van der Waals surface area contributed by atoms with Crippen LogP contribution in [0.1, 0.15) is 37.8 Å². The van der Waals surface area contributed by atoms with Crippen molar-refractivity contribution in [2.75, 3.05) is 18.6 Å². The molecule has 0 aliphatic rings. The molecule has 0 aromatic heterocycles. The molecule has 0 atom stereocenters. The Labute approximate surface area is 154 Å². The number of ether oxygens (including phenoxy) is 2. The summed E-state index contributed by atoms with van der Waals surface area (Å²) in [6.07, 6.45) is 0. The largest absolute Gasteiger partial charge is 0.482 e. The molecular formula is C21H25NO4. The highest BCUT2D eigenvalue weighted by Crippen LogP contribution is 2.27. The van der Waals surface area contributed by atoms with Crippen LogP contribution < -0.4 is 14.4 Å². The molecule has 138 valence electrons. The maximum Gasteiger partial charge on any atom is 0.349 e. The lowest BCUT2D eigenvalue weighted by Crippen LogP contribution is -2.22. The van der Waals surface area contributed by atoms with Gasteiger partial charge < -0.3 is 14.4 Å². The minimum Gasteiger partial charge on any atom is -0.482 e. The van der Waals surface area contributed by atoms with Gasteiger partial charge in [0.25, 0.3) is 0 Å². The lowest BCUT2D eigenvalue weighted by molar-refractivity contribution is -0.136. The van der Waals surface area contributed by atoms with Crippen molar-refractivity contribution in [3.8, 4) is 11.5 Å². The van der Waals surface area contributed by atoms with Crippen LogP contribution in [0.3, 0.4) is 0 Å². The predicted octanol–water partition coefficient (Wildman–Crippen LogP) is 4.09. The third-order valence-electron chi connectivity index (χ3n) is 4.06. The maximum atomic E-state index is 12.1.